The van der Waals surface area contributed by atoms with Gasteiger partial charge in [0.15, 0.2) is 0 Å². The number of nitrogens with one attached hydrogen (secondary N) is 2. The number of carbonyl (C=O) groups is 2. The van der Waals surface area contributed by atoms with Gasteiger partial charge >= 0.3 is 5.97 Å². The Morgan fingerprint density at radius 1 is 1.35 bits per heavy atom. The van der Waals surface area contributed by atoms with Crippen LogP contribution >= 0.6 is 35.4 Å². The molecule has 0 aromatic heterocycles. The molecule has 2 atom stereocenters. The van der Waals surface area contributed by atoms with Crippen molar-refractivity contribution < 1.29 is 14.7 Å². The largest absolute Gasteiger partial charge is 0.480 e. The monoisotopic (exact) mass is 410 g/mol. The Hall–Kier alpha value is -1.89. The number of halogens is 2. The zero-order valence-corrected chi connectivity index (χ0v) is 15.9. The van der Waals surface area contributed by atoms with E-state index in [2.05, 4.69) is 10.6 Å². The number of carbonyl (C=O) groups excluding carboxylic acids is 1. The lowest BCUT2D eigenvalue weighted by Crippen LogP contribution is -2.41. The summed E-state index contributed by atoms with van der Waals surface area (Å²) >= 11 is 17.6. The van der Waals surface area contributed by atoms with Crippen LogP contribution in [0.5, 0.6) is 0 Å². The molecule has 136 valence electrons. The molecule has 8 heteroatoms. The Morgan fingerprint density at radius 3 is 2.81 bits per heavy atom. The molecule has 3 rings (SSSR count). The zero-order valence-electron chi connectivity index (χ0n) is 13.6. The first-order valence-corrected chi connectivity index (χ1v) is 9.18. The number of hydrogen-bond donors (Lipinski definition) is 3. The van der Waals surface area contributed by atoms with Crippen LogP contribution in [-0.2, 0) is 9.59 Å². The molecule has 0 saturated carbocycles. The minimum atomic E-state index is -1.01. The number of hydrogen-bond acceptors (Lipinski definition) is 4. The highest BCUT2D eigenvalue weighted by Crippen LogP contribution is 2.40. The summed E-state index contributed by atoms with van der Waals surface area (Å²) in [6.07, 6.45) is 6.61. The quantitative estimate of drug-likeness (QED) is 0.652. The Kier molecular flexibility index (Phi) is 5.65. The molecule has 1 aromatic rings. The number of allylic oxidation sites excluding steroid dienone is 3. The van der Waals surface area contributed by atoms with Gasteiger partial charge in [-0.15, -0.1) is 0 Å². The van der Waals surface area contributed by atoms with Crippen LogP contribution in [0, 0.1) is 0 Å². The van der Waals surface area contributed by atoms with Gasteiger partial charge in [0.1, 0.15) is 6.04 Å². The van der Waals surface area contributed by atoms with Gasteiger partial charge in [-0.1, -0.05) is 53.6 Å². The standard InChI is InChI=1S/C18H16Cl2N2O3S/c19-10-6-11(20)17-12(7-10)21-14(18(24)25)8-13(17)22-16(23)5-9-3-1-2-4-15(9)26/h1-3,6-7,13-14,21H,4-5,8H2,(H,22,23)(H,24,25)/t13-,14+/m1/s1. The number of carboxylic acids is 1. The second kappa shape index (κ2) is 7.78. The lowest BCUT2D eigenvalue weighted by molar-refractivity contribution is -0.138. The summed E-state index contributed by atoms with van der Waals surface area (Å²) in [5.74, 6) is -1.24. The van der Waals surface area contributed by atoms with Crippen LogP contribution in [0.3, 0.4) is 0 Å². The lowest BCUT2D eigenvalue weighted by Gasteiger charge is -2.32. The van der Waals surface area contributed by atoms with Gasteiger partial charge in [-0.05, 0) is 17.7 Å². The normalized spacial score (nSPS) is 21.5. The fourth-order valence-electron chi connectivity index (χ4n) is 3.11. The molecule has 0 fully saturated rings. The summed E-state index contributed by atoms with van der Waals surface area (Å²) in [5, 5.41) is 15.9. The molecule has 1 amide bonds. The Morgan fingerprint density at radius 2 is 2.12 bits per heavy atom. The van der Waals surface area contributed by atoms with E-state index in [4.69, 9.17) is 35.4 Å². The van der Waals surface area contributed by atoms with Gasteiger partial charge in [-0.25, -0.2) is 4.79 Å². The van der Waals surface area contributed by atoms with Gasteiger partial charge in [0, 0.05) is 39.0 Å². The molecule has 1 heterocycles. The van der Waals surface area contributed by atoms with E-state index in [9.17, 15) is 14.7 Å². The van der Waals surface area contributed by atoms with E-state index in [0.29, 0.717) is 27.7 Å². The predicted molar refractivity (Wildman–Crippen MR) is 106 cm³/mol. The van der Waals surface area contributed by atoms with Crippen molar-refractivity contribution in [1.29, 1.82) is 0 Å². The summed E-state index contributed by atoms with van der Waals surface area (Å²) in [7, 11) is 0. The second-order valence-corrected chi connectivity index (χ2v) is 7.50. The summed E-state index contributed by atoms with van der Waals surface area (Å²) in [4.78, 5) is 24.7. The fraction of sp³-hybridized carbons (Fsp3) is 0.278. The molecule has 0 saturated heterocycles. The van der Waals surface area contributed by atoms with Gasteiger partial charge in [0.2, 0.25) is 5.91 Å². The molecule has 0 bridgehead atoms. The van der Waals surface area contributed by atoms with Crippen molar-refractivity contribution in [3.8, 4) is 0 Å². The summed E-state index contributed by atoms with van der Waals surface area (Å²) in [6.45, 7) is 0. The molecular formula is C18H16Cl2N2O3S. The third-order valence-electron chi connectivity index (χ3n) is 4.32. The molecule has 0 radical (unpaired) electrons. The van der Waals surface area contributed by atoms with Gasteiger partial charge < -0.3 is 15.7 Å². The van der Waals surface area contributed by atoms with Crippen LogP contribution in [-0.4, -0.2) is 27.9 Å². The Bertz CT molecular complexity index is 851. The van der Waals surface area contributed by atoms with Crippen LogP contribution in [0.4, 0.5) is 5.69 Å². The fourth-order valence-corrected chi connectivity index (χ4v) is 3.97. The highest BCUT2D eigenvalue weighted by Gasteiger charge is 2.33. The summed E-state index contributed by atoms with van der Waals surface area (Å²) in [6, 6.07) is 1.81. The third kappa shape index (κ3) is 4.09. The minimum absolute atomic E-state index is 0.144. The number of rotatable bonds is 4. The number of benzene rings is 1. The minimum Gasteiger partial charge on any atom is -0.480 e. The molecule has 26 heavy (non-hydrogen) atoms. The lowest BCUT2D eigenvalue weighted by atomic mass is 9.92. The van der Waals surface area contributed by atoms with E-state index in [0.717, 1.165) is 10.4 Å². The molecule has 0 spiro atoms. The molecule has 0 unspecified atom stereocenters. The van der Waals surface area contributed by atoms with E-state index in [-0.39, 0.29) is 18.7 Å². The van der Waals surface area contributed by atoms with E-state index in [1.807, 2.05) is 18.2 Å². The molecule has 5 nitrogen and oxygen atoms in total. The van der Waals surface area contributed by atoms with E-state index >= 15 is 0 Å². The average molecular weight is 411 g/mol. The average Bonchev–Trinajstić information content (AvgIpc) is 2.55. The van der Waals surface area contributed by atoms with Gasteiger partial charge in [-0.2, -0.15) is 0 Å². The molecule has 1 aromatic carbocycles. The summed E-state index contributed by atoms with van der Waals surface area (Å²) in [5.41, 5.74) is 1.95. The van der Waals surface area contributed by atoms with Crippen molar-refractivity contribution in [2.45, 2.75) is 31.3 Å². The van der Waals surface area contributed by atoms with Crippen molar-refractivity contribution in [2.24, 2.45) is 0 Å². The number of fused-ring (bicyclic) bond motifs is 1. The summed E-state index contributed by atoms with van der Waals surface area (Å²) < 4.78 is 0. The van der Waals surface area contributed by atoms with E-state index < -0.39 is 18.1 Å². The number of amides is 1. The topological polar surface area (TPSA) is 78.4 Å². The maximum Gasteiger partial charge on any atom is 0.326 e. The van der Waals surface area contributed by atoms with Crippen LogP contribution in [0.15, 0.2) is 35.9 Å². The predicted octanol–water partition coefficient (Wildman–Crippen LogP) is 4.07. The maximum atomic E-state index is 12.5. The molecule has 1 aliphatic carbocycles. The number of carboxylic acid groups (broad SMARTS) is 1. The van der Waals surface area contributed by atoms with Crippen molar-refractivity contribution in [3.63, 3.8) is 0 Å². The van der Waals surface area contributed by atoms with Crippen LogP contribution in [0.2, 0.25) is 10.0 Å². The number of thiocarbonyl (C=S) groups is 1. The Labute approximate surface area is 166 Å². The smallest absolute Gasteiger partial charge is 0.326 e. The van der Waals surface area contributed by atoms with Crippen molar-refractivity contribution in [3.05, 3.63) is 51.5 Å². The van der Waals surface area contributed by atoms with Gasteiger partial charge in [0.25, 0.3) is 0 Å². The second-order valence-electron chi connectivity index (χ2n) is 6.16. The molecule has 2 aliphatic rings. The van der Waals surface area contributed by atoms with Crippen LogP contribution < -0.4 is 10.6 Å². The van der Waals surface area contributed by atoms with Gasteiger partial charge in [0.05, 0.1) is 12.5 Å². The first-order chi connectivity index (χ1) is 12.3. The van der Waals surface area contributed by atoms with Crippen LogP contribution in [0.1, 0.15) is 30.9 Å². The highest BCUT2D eigenvalue weighted by molar-refractivity contribution is 7.80. The highest BCUT2D eigenvalue weighted by atomic mass is 35.5. The Balaban J connectivity index is 1.83. The van der Waals surface area contributed by atoms with E-state index in [1.165, 1.54) is 0 Å². The van der Waals surface area contributed by atoms with E-state index in [1.54, 1.807) is 12.1 Å². The number of anilines is 1. The zero-order chi connectivity index (χ0) is 18.8. The molecule has 1 aliphatic heterocycles. The first kappa shape index (κ1) is 18.9. The first-order valence-electron chi connectivity index (χ1n) is 8.01. The number of aliphatic carboxylic acids is 1. The van der Waals surface area contributed by atoms with Crippen molar-refractivity contribution in [2.75, 3.05) is 5.32 Å². The third-order valence-corrected chi connectivity index (χ3v) is 5.28. The van der Waals surface area contributed by atoms with Crippen molar-refractivity contribution >= 4 is 57.8 Å². The molecular weight excluding hydrogens is 395 g/mol. The van der Waals surface area contributed by atoms with Gasteiger partial charge in [-0.3, -0.25) is 4.79 Å². The molecule has 3 N–H and O–H groups in total. The SMILES string of the molecule is O=C(CC1=CC=CCC1=S)N[C@@H]1C[C@@H](C(=O)O)Nc2cc(Cl)cc(Cl)c21. The van der Waals surface area contributed by atoms with Crippen LogP contribution in [0.25, 0.3) is 0 Å². The van der Waals surface area contributed by atoms with Crippen molar-refractivity contribution in [1.82, 2.24) is 5.32 Å². The maximum absolute atomic E-state index is 12.5.